The quantitative estimate of drug-likeness (QED) is 0.426. The van der Waals surface area contributed by atoms with Crippen molar-refractivity contribution < 1.29 is 24.2 Å². The number of carbonyl (C=O) groups is 3. The zero-order valence-corrected chi connectivity index (χ0v) is 19.1. The summed E-state index contributed by atoms with van der Waals surface area (Å²) in [5.41, 5.74) is 2.79. The molecule has 3 rings (SSSR count). The van der Waals surface area contributed by atoms with Gasteiger partial charge in [-0.05, 0) is 30.2 Å². The summed E-state index contributed by atoms with van der Waals surface area (Å²) in [4.78, 5) is 38.2. The number of aryl methyl sites for hydroxylation is 1. The Morgan fingerprint density at radius 3 is 2.15 bits per heavy atom. The first kappa shape index (κ1) is 24.7. The zero-order chi connectivity index (χ0) is 24.5. The van der Waals surface area contributed by atoms with Crippen LogP contribution in [0.3, 0.4) is 0 Å². The Hall–Kier alpha value is -3.97. The van der Waals surface area contributed by atoms with E-state index in [2.05, 4.69) is 10.6 Å². The smallest absolute Gasteiger partial charge is 0.328 e. The number of aliphatic hydroxyl groups is 1. The molecular weight excluding hydrogens is 432 g/mol. The molecule has 3 aromatic carbocycles. The van der Waals surface area contributed by atoms with E-state index in [0.29, 0.717) is 11.1 Å². The Kier molecular flexibility index (Phi) is 8.54. The van der Waals surface area contributed by atoms with Crippen molar-refractivity contribution in [3.05, 3.63) is 107 Å². The van der Waals surface area contributed by atoms with Gasteiger partial charge in [-0.15, -0.1) is 0 Å². The second kappa shape index (κ2) is 11.8. The van der Waals surface area contributed by atoms with Gasteiger partial charge in [0.1, 0.15) is 6.04 Å². The number of rotatable bonds is 9. The molecule has 0 aromatic heterocycles. The molecule has 0 radical (unpaired) electrons. The van der Waals surface area contributed by atoms with Crippen molar-refractivity contribution >= 4 is 17.8 Å². The Balaban J connectivity index is 1.81. The van der Waals surface area contributed by atoms with Crippen LogP contribution < -0.4 is 10.6 Å². The van der Waals surface area contributed by atoms with Crippen molar-refractivity contribution in [2.45, 2.75) is 31.5 Å². The predicted molar refractivity (Wildman–Crippen MR) is 128 cm³/mol. The number of esters is 1. The fourth-order valence-corrected chi connectivity index (χ4v) is 3.64. The molecule has 34 heavy (non-hydrogen) atoms. The molecule has 2 amide bonds. The molecule has 7 nitrogen and oxygen atoms in total. The van der Waals surface area contributed by atoms with Crippen molar-refractivity contribution in [2.24, 2.45) is 0 Å². The van der Waals surface area contributed by atoms with Gasteiger partial charge >= 0.3 is 5.97 Å². The number of hydrogen-bond acceptors (Lipinski definition) is 5. The number of ether oxygens (including phenoxy) is 1. The van der Waals surface area contributed by atoms with Gasteiger partial charge in [-0.25, -0.2) is 4.79 Å². The maximum atomic E-state index is 13.0. The summed E-state index contributed by atoms with van der Waals surface area (Å²) in [7, 11) is 1.24. The average molecular weight is 461 g/mol. The average Bonchev–Trinajstić information content (AvgIpc) is 2.86. The summed E-state index contributed by atoms with van der Waals surface area (Å²) in [6, 6.07) is 22.7. The third kappa shape index (κ3) is 6.52. The van der Waals surface area contributed by atoms with Crippen LogP contribution in [0.1, 0.15) is 33.1 Å². The monoisotopic (exact) mass is 460 g/mol. The number of benzene rings is 3. The first-order valence-corrected chi connectivity index (χ1v) is 10.9. The Labute approximate surface area is 198 Å². The summed E-state index contributed by atoms with van der Waals surface area (Å²) in [5, 5.41) is 16.3. The second-order valence-electron chi connectivity index (χ2n) is 7.95. The molecule has 0 aliphatic heterocycles. The van der Waals surface area contributed by atoms with E-state index >= 15 is 0 Å². The summed E-state index contributed by atoms with van der Waals surface area (Å²) >= 11 is 0. The minimum Gasteiger partial charge on any atom is -0.467 e. The number of aliphatic hydroxyl groups excluding tert-OH is 1. The van der Waals surface area contributed by atoms with Gasteiger partial charge in [0, 0.05) is 12.0 Å². The lowest BCUT2D eigenvalue weighted by Crippen LogP contribution is -2.51. The Morgan fingerprint density at radius 1 is 0.882 bits per heavy atom. The molecule has 3 aromatic rings. The number of nitrogens with one attached hydrogen (secondary N) is 2. The lowest BCUT2D eigenvalue weighted by Gasteiger charge is -2.26. The number of methoxy groups -OCH3 is 1. The fourth-order valence-electron chi connectivity index (χ4n) is 3.64. The van der Waals surface area contributed by atoms with Crippen molar-refractivity contribution in [2.75, 3.05) is 7.11 Å². The minimum absolute atomic E-state index is 0.194. The van der Waals surface area contributed by atoms with E-state index in [1.54, 1.807) is 60.7 Å². The fraction of sp³-hybridized carbons (Fsp3) is 0.222. The van der Waals surface area contributed by atoms with E-state index in [-0.39, 0.29) is 6.42 Å². The van der Waals surface area contributed by atoms with E-state index in [9.17, 15) is 19.5 Å². The van der Waals surface area contributed by atoms with Crippen molar-refractivity contribution in [1.29, 1.82) is 0 Å². The summed E-state index contributed by atoms with van der Waals surface area (Å²) < 4.78 is 4.86. The number of carbonyl (C=O) groups excluding carboxylic acids is 3. The number of hydrogen-bond donors (Lipinski definition) is 3. The highest BCUT2D eigenvalue weighted by molar-refractivity contribution is 5.95. The van der Waals surface area contributed by atoms with Crippen molar-refractivity contribution in [3.8, 4) is 0 Å². The molecular formula is C27H28N2O5. The van der Waals surface area contributed by atoms with Gasteiger partial charge in [0.2, 0.25) is 0 Å². The molecule has 7 heteroatoms. The summed E-state index contributed by atoms with van der Waals surface area (Å²) in [5.74, 6) is -1.87. The standard InChI is InChI=1S/C27H28N2O5/c1-18-10-9-11-19(16-18)17-22(27(33)34-2)28-26(32)24(30)23(20-12-5-3-6-13-20)29-25(31)21-14-7-4-8-15-21/h3-16,22-24,30H,17H2,1-2H3,(H,28,32)(H,29,31)/t22-,23-,24+/m0/s1. The van der Waals surface area contributed by atoms with E-state index in [4.69, 9.17) is 4.74 Å². The minimum atomic E-state index is -1.65. The molecule has 0 aliphatic carbocycles. The van der Waals surface area contributed by atoms with Gasteiger partial charge in [-0.2, -0.15) is 0 Å². The molecule has 0 saturated carbocycles. The van der Waals surface area contributed by atoms with Crippen LogP contribution in [0.2, 0.25) is 0 Å². The van der Waals surface area contributed by atoms with Crippen LogP contribution in [0.4, 0.5) is 0 Å². The maximum Gasteiger partial charge on any atom is 0.328 e. The Morgan fingerprint density at radius 2 is 1.53 bits per heavy atom. The van der Waals surface area contributed by atoms with Crippen LogP contribution in [0, 0.1) is 6.92 Å². The summed E-state index contributed by atoms with van der Waals surface area (Å²) in [6.07, 6.45) is -1.46. The molecule has 0 saturated heterocycles. The van der Waals surface area contributed by atoms with Crippen LogP contribution in [-0.2, 0) is 20.7 Å². The van der Waals surface area contributed by atoms with E-state index < -0.39 is 36.0 Å². The predicted octanol–water partition coefficient (Wildman–Crippen LogP) is 2.73. The van der Waals surface area contributed by atoms with Gasteiger partial charge in [-0.3, -0.25) is 9.59 Å². The molecule has 176 valence electrons. The van der Waals surface area contributed by atoms with Gasteiger partial charge < -0.3 is 20.5 Å². The topological polar surface area (TPSA) is 105 Å². The van der Waals surface area contributed by atoms with E-state index in [0.717, 1.165) is 11.1 Å². The molecule has 3 atom stereocenters. The molecule has 0 heterocycles. The highest BCUT2D eigenvalue weighted by Crippen LogP contribution is 2.19. The molecule has 0 unspecified atom stereocenters. The van der Waals surface area contributed by atoms with Crippen molar-refractivity contribution in [1.82, 2.24) is 10.6 Å². The molecule has 3 N–H and O–H groups in total. The third-order valence-electron chi connectivity index (χ3n) is 5.39. The largest absolute Gasteiger partial charge is 0.467 e. The van der Waals surface area contributed by atoms with Crippen LogP contribution in [0.5, 0.6) is 0 Å². The van der Waals surface area contributed by atoms with Crippen LogP contribution in [-0.4, -0.2) is 42.1 Å². The molecule has 0 fully saturated rings. The zero-order valence-electron chi connectivity index (χ0n) is 19.1. The lowest BCUT2D eigenvalue weighted by molar-refractivity contribution is -0.146. The second-order valence-corrected chi connectivity index (χ2v) is 7.95. The molecule has 0 aliphatic rings. The normalized spacial score (nSPS) is 13.3. The van der Waals surface area contributed by atoms with Gasteiger partial charge in [0.25, 0.3) is 11.8 Å². The highest BCUT2D eigenvalue weighted by Gasteiger charge is 2.32. The van der Waals surface area contributed by atoms with Crippen LogP contribution in [0.25, 0.3) is 0 Å². The summed E-state index contributed by atoms with van der Waals surface area (Å²) in [6.45, 7) is 1.93. The van der Waals surface area contributed by atoms with Crippen molar-refractivity contribution in [3.63, 3.8) is 0 Å². The van der Waals surface area contributed by atoms with E-state index in [1.165, 1.54) is 7.11 Å². The third-order valence-corrected chi connectivity index (χ3v) is 5.39. The maximum absolute atomic E-state index is 13.0. The first-order valence-electron chi connectivity index (χ1n) is 10.9. The first-order chi connectivity index (χ1) is 16.4. The van der Waals surface area contributed by atoms with Gasteiger partial charge in [0.15, 0.2) is 6.10 Å². The van der Waals surface area contributed by atoms with Crippen LogP contribution in [0.15, 0.2) is 84.9 Å². The highest BCUT2D eigenvalue weighted by atomic mass is 16.5. The van der Waals surface area contributed by atoms with Crippen LogP contribution >= 0.6 is 0 Å². The van der Waals surface area contributed by atoms with Gasteiger partial charge in [0.05, 0.1) is 13.2 Å². The van der Waals surface area contributed by atoms with Gasteiger partial charge in [-0.1, -0.05) is 78.4 Å². The number of amides is 2. The SMILES string of the molecule is COC(=O)[C@H](Cc1cccc(C)c1)NC(=O)[C@H](O)[C@@H](NC(=O)c1ccccc1)c1ccccc1. The lowest BCUT2D eigenvalue weighted by atomic mass is 9.99. The molecule has 0 bridgehead atoms. The Bertz CT molecular complexity index is 1120. The van der Waals surface area contributed by atoms with E-state index in [1.807, 2.05) is 31.2 Å². The molecule has 0 spiro atoms.